The summed E-state index contributed by atoms with van der Waals surface area (Å²) in [7, 11) is 0. The van der Waals surface area contributed by atoms with E-state index >= 15 is 0 Å². The third-order valence-electron chi connectivity index (χ3n) is 16.1. The van der Waals surface area contributed by atoms with Crippen LogP contribution < -0.4 is 9.80 Å². The number of nitrogens with zero attached hydrogens (tertiary/aromatic N) is 2. The second kappa shape index (κ2) is 15.6. The van der Waals surface area contributed by atoms with Crippen LogP contribution >= 0.6 is 0 Å². The Labute approximate surface area is 402 Å². The summed E-state index contributed by atoms with van der Waals surface area (Å²) < 4.78 is 0. The Balaban J connectivity index is 0.766. The van der Waals surface area contributed by atoms with Crippen LogP contribution in [0.15, 0.2) is 193 Å². The average Bonchev–Trinajstić information content (AvgIpc) is 3.54. The van der Waals surface area contributed by atoms with E-state index in [0.29, 0.717) is 0 Å². The van der Waals surface area contributed by atoms with Gasteiger partial charge in [-0.1, -0.05) is 173 Å². The van der Waals surface area contributed by atoms with E-state index in [1.165, 1.54) is 123 Å². The molecule has 2 aliphatic heterocycles. The molecular formula is C66H56N2. The van der Waals surface area contributed by atoms with Crippen LogP contribution in [0, 0.1) is 0 Å². The van der Waals surface area contributed by atoms with Gasteiger partial charge >= 0.3 is 0 Å². The SMILES string of the molecule is CC1(C)c2cc(/C=C/c3ccc4c(c3)C(C)(C)c3cc(N5C6=C(C=CCC6)CCc6ccccc65)ccc3-4)ccc2-c2ccc(-c3ccc(N4c5ccccc5CCc5ccccc54)cc3)cc21. The highest BCUT2D eigenvalue weighted by atomic mass is 15.2. The van der Waals surface area contributed by atoms with Gasteiger partial charge in [-0.25, -0.2) is 0 Å². The van der Waals surface area contributed by atoms with Crippen LogP contribution in [0.2, 0.25) is 0 Å². The summed E-state index contributed by atoms with van der Waals surface area (Å²) in [5, 5.41) is 0. The lowest BCUT2D eigenvalue weighted by molar-refractivity contribution is 0.660. The highest BCUT2D eigenvalue weighted by molar-refractivity contribution is 5.89. The molecule has 0 aromatic heterocycles. The van der Waals surface area contributed by atoms with Crippen molar-refractivity contribution < 1.29 is 0 Å². The number of hydrogen-bond acceptors (Lipinski definition) is 2. The van der Waals surface area contributed by atoms with Crippen molar-refractivity contribution >= 4 is 40.6 Å². The number of rotatable bonds is 5. The van der Waals surface area contributed by atoms with Gasteiger partial charge in [0.05, 0.1) is 0 Å². The van der Waals surface area contributed by atoms with Crippen LogP contribution in [-0.2, 0) is 30.1 Å². The monoisotopic (exact) mass is 876 g/mol. The van der Waals surface area contributed by atoms with E-state index in [4.69, 9.17) is 0 Å². The van der Waals surface area contributed by atoms with Gasteiger partial charge in [-0.05, 0) is 176 Å². The minimum Gasteiger partial charge on any atom is -0.314 e. The van der Waals surface area contributed by atoms with Gasteiger partial charge in [-0.15, -0.1) is 0 Å². The molecule has 2 heteroatoms. The summed E-state index contributed by atoms with van der Waals surface area (Å²) in [4.78, 5) is 5.03. The minimum atomic E-state index is -0.132. The number of aryl methyl sites for hydroxylation is 3. The first-order valence-corrected chi connectivity index (χ1v) is 24.8. The molecule has 0 unspecified atom stereocenters. The average molecular weight is 877 g/mol. The number of anilines is 5. The smallest absolute Gasteiger partial charge is 0.0493 e. The van der Waals surface area contributed by atoms with Crippen molar-refractivity contribution in [3.63, 3.8) is 0 Å². The number of fused-ring (bicyclic) bond motifs is 9. The van der Waals surface area contributed by atoms with E-state index in [1.807, 2.05) is 0 Å². The van der Waals surface area contributed by atoms with Crippen molar-refractivity contribution in [1.29, 1.82) is 0 Å². The number of para-hydroxylation sites is 3. The Kier molecular flexibility index (Phi) is 9.35. The molecule has 0 bridgehead atoms. The molecule has 0 N–H and O–H groups in total. The second-order valence-electron chi connectivity index (χ2n) is 20.7. The van der Waals surface area contributed by atoms with Gasteiger partial charge in [-0.2, -0.15) is 0 Å². The van der Waals surface area contributed by atoms with E-state index < -0.39 is 0 Å². The van der Waals surface area contributed by atoms with Crippen LogP contribution in [-0.4, -0.2) is 0 Å². The quantitative estimate of drug-likeness (QED) is 0.159. The molecule has 0 saturated heterocycles. The topological polar surface area (TPSA) is 6.48 Å². The lowest BCUT2D eigenvalue weighted by Gasteiger charge is -2.32. The summed E-state index contributed by atoms with van der Waals surface area (Å²) in [6.45, 7) is 9.61. The summed E-state index contributed by atoms with van der Waals surface area (Å²) in [5.74, 6) is 0. The van der Waals surface area contributed by atoms with Crippen LogP contribution in [0.3, 0.4) is 0 Å². The van der Waals surface area contributed by atoms with Crippen molar-refractivity contribution in [3.8, 4) is 33.4 Å². The summed E-state index contributed by atoms with van der Waals surface area (Å²) in [6.07, 6.45) is 15.8. The predicted molar refractivity (Wildman–Crippen MR) is 287 cm³/mol. The van der Waals surface area contributed by atoms with Gasteiger partial charge in [0.2, 0.25) is 0 Å². The van der Waals surface area contributed by atoms with Crippen molar-refractivity contribution in [2.24, 2.45) is 0 Å². The maximum absolute atomic E-state index is 2.58. The molecule has 5 aliphatic rings. The molecular weight excluding hydrogens is 821 g/mol. The maximum Gasteiger partial charge on any atom is 0.0493 e. The van der Waals surface area contributed by atoms with Crippen molar-refractivity contribution in [3.05, 3.63) is 243 Å². The van der Waals surface area contributed by atoms with Gasteiger partial charge < -0.3 is 9.80 Å². The molecule has 8 aromatic rings. The van der Waals surface area contributed by atoms with Crippen LogP contribution in [0.4, 0.5) is 28.4 Å². The molecule has 0 saturated carbocycles. The Morgan fingerprint density at radius 3 is 1.44 bits per heavy atom. The largest absolute Gasteiger partial charge is 0.314 e. The van der Waals surface area contributed by atoms with Crippen LogP contribution in [0.25, 0.3) is 45.5 Å². The maximum atomic E-state index is 2.58. The Bertz CT molecular complexity index is 3420. The third kappa shape index (κ3) is 6.45. The Hall–Kier alpha value is -7.42. The Morgan fingerprint density at radius 2 is 0.853 bits per heavy atom. The zero-order chi connectivity index (χ0) is 45.7. The fraction of sp³-hybridized carbons (Fsp3) is 0.182. The summed E-state index contributed by atoms with van der Waals surface area (Å²) >= 11 is 0. The molecule has 0 fully saturated rings. The molecule has 330 valence electrons. The van der Waals surface area contributed by atoms with Gasteiger partial charge in [0, 0.05) is 45.0 Å². The standard InChI is InChI=1S/C66H56N2/c1-65(2)57-39-43(23-35-53(57)55-37-31-50(41-59(55)65)45-29-32-51(33-30-45)67-61-17-9-5-13-46(61)25-26-47-14-6-10-18-62(47)67)21-22-44-24-36-54-56-38-34-52(42-60(56)66(3,4)58(54)40-44)68-63-19-11-7-15-48(63)27-28-49-16-8-12-20-64(49)68/h5-11,13-19,21-24,29-42H,12,20,25-28H2,1-4H3/b22-21+. The minimum absolute atomic E-state index is 0.130. The summed E-state index contributed by atoms with van der Waals surface area (Å²) in [5.41, 5.74) is 29.2. The molecule has 0 spiro atoms. The van der Waals surface area contributed by atoms with Crippen LogP contribution in [0.5, 0.6) is 0 Å². The first-order valence-electron chi connectivity index (χ1n) is 24.8. The highest BCUT2D eigenvalue weighted by Crippen LogP contribution is 2.53. The first kappa shape index (κ1) is 40.8. The number of hydrogen-bond donors (Lipinski definition) is 0. The van der Waals surface area contributed by atoms with Gasteiger partial charge in [0.25, 0.3) is 0 Å². The molecule has 2 heterocycles. The molecule has 0 radical (unpaired) electrons. The van der Waals surface area contributed by atoms with Gasteiger partial charge in [0.1, 0.15) is 0 Å². The van der Waals surface area contributed by atoms with E-state index in [9.17, 15) is 0 Å². The Morgan fingerprint density at radius 1 is 0.397 bits per heavy atom. The van der Waals surface area contributed by atoms with E-state index in [-0.39, 0.29) is 10.8 Å². The van der Waals surface area contributed by atoms with Gasteiger partial charge in [0.15, 0.2) is 0 Å². The molecule has 8 aromatic carbocycles. The lowest BCUT2D eigenvalue weighted by atomic mass is 9.81. The zero-order valence-corrected chi connectivity index (χ0v) is 39.6. The molecule has 68 heavy (non-hydrogen) atoms. The molecule has 0 amide bonds. The van der Waals surface area contributed by atoms with Crippen molar-refractivity contribution in [2.75, 3.05) is 9.80 Å². The van der Waals surface area contributed by atoms with Crippen molar-refractivity contribution in [2.45, 2.75) is 77.0 Å². The van der Waals surface area contributed by atoms with E-state index in [2.05, 4.69) is 232 Å². The third-order valence-corrected chi connectivity index (χ3v) is 16.1. The molecule has 0 atom stereocenters. The van der Waals surface area contributed by atoms with Crippen LogP contribution in [0.1, 0.15) is 97.0 Å². The predicted octanol–water partition coefficient (Wildman–Crippen LogP) is 17.4. The number of benzene rings is 8. The van der Waals surface area contributed by atoms with Gasteiger partial charge in [-0.3, -0.25) is 0 Å². The van der Waals surface area contributed by atoms with Crippen molar-refractivity contribution in [1.82, 2.24) is 0 Å². The zero-order valence-electron chi connectivity index (χ0n) is 39.6. The number of allylic oxidation sites excluding steroid dienone is 4. The van der Waals surface area contributed by atoms with E-state index in [0.717, 1.165) is 38.5 Å². The normalized spacial score (nSPS) is 16.8. The molecule has 3 aliphatic carbocycles. The lowest BCUT2D eigenvalue weighted by Crippen LogP contribution is -2.20. The molecule has 2 nitrogen and oxygen atoms in total. The first-order chi connectivity index (χ1) is 33.2. The fourth-order valence-electron chi connectivity index (χ4n) is 12.4. The molecule has 13 rings (SSSR count). The summed E-state index contributed by atoms with van der Waals surface area (Å²) in [6, 6.07) is 64.5. The fourth-order valence-corrected chi connectivity index (χ4v) is 12.4. The highest BCUT2D eigenvalue weighted by Gasteiger charge is 2.38. The second-order valence-corrected chi connectivity index (χ2v) is 20.7. The van der Waals surface area contributed by atoms with E-state index in [1.54, 1.807) is 0 Å².